The molecule has 140 valence electrons. The van der Waals surface area contributed by atoms with Crippen molar-refractivity contribution in [1.29, 1.82) is 0 Å². The first-order chi connectivity index (χ1) is 13.1. The van der Waals surface area contributed by atoms with E-state index in [1.807, 2.05) is 62.4 Å². The molecule has 27 heavy (non-hydrogen) atoms. The van der Waals surface area contributed by atoms with Crippen molar-refractivity contribution in [3.05, 3.63) is 71.7 Å². The molecule has 0 saturated heterocycles. The van der Waals surface area contributed by atoms with Crippen LogP contribution in [0.5, 0.6) is 5.75 Å². The molecule has 2 aromatic carbocycles. The molecule has 0 fully saturated rings. The summed E-state index contributed by atoms with van der Waals surface area (Å²) >= 11 is 0. The number of aryl methyl sites for hydroxylation is 3. The van der Waals surface area contributed by atoms with Crippen molar-refractivity contribution in [1.82, 2.24) is 10.3 Å². The highest BCUT2D eigenvalue weighted by Gasteiger charge is 2.09. The second kappa shape index (κ2) is 9.03. The Morgan fingerprint density at radius 1 is 1.11 bits per heavy atom. The molecule has 0 aliphatic heterocycles. The van der Waals surface area contributed by atoms with E-state index >= 15 is 0 Å². The second-order valence-corrected chi connectivity index (χ2v) is 6.50. The first-order valence-corrected chi connectivity index (χ1v) is 9.08. The molecule has 0 saturated carbocycles. The van der Waals surface area contributed by atoms with Gasteiger partial charge in [0.1, 0.15) is 12.4 Å². The SMILES string of the molecule is Cc1ccc(-c2cnc(CCC(=O)NCCOc3cccc(C)c3)o2)cc1. The molecule has 1 aromatic heterocycles. The quantitative estimate of drug-likeness (QED) is 0.612. The molecule has 1 heterocycles. The normalized spacial score (nSPS) is 10.6. The Morgan fingerprint density at radius 2 is 1.93 bits per heavy atom. The molecule has 0 bridgehead atoms. The van der Waals surface area contributed by atoms with Crippen LogP contribution < -0.4 is 10.1 Å². The Morgan fingerprint density at radius 3 is 2.70 bits per heavy atom. The number of nitrogens with one attached hydrogen (secondary N) is 1. The molecule has 0 unspecified atom stereocenters. The Bertz CT molecular complexity index is 885. The lowest BCUT2D eigenvalue weighted by Gasteiger charge is -2.08. The number of hydrogen-bond donors (Lipinski definition) is 1. The molecule has 3 aromatic rings. The van der Waals surface area contributed by atoms with E-state index in [2.05, 4.69) is 10.3 Å². The van der Waals surface area contributed by atoms with Gasteiger partial charge in [0, 0.05) is 18.4 Å². The fourth-order valence-electron chi connectivity index (χ4n) is 2.65. The van der Waals surface area contributed by atoms with Crippen LogP contribution in [0.25, 0.3) is 11.3 Å². The van der Waals surface area contributed by atoms with E-state index in [9.17, 15) is 4.79 Å². The fraction of sp³-hybridized carbons (Fsp3) is 0.273. The van der Waals surface area contributed by atoms with E-state index in [0.717, 1.165) is 22.6 Å². The third-order valence-electron chi connectivity index (χ3n) is 4.14. The first-order valence-electron chi connectivity index (χ1n) is 9.08. The molecule has 0 aliphatic rings. The Balaban J connectivity index is 1.38. The number of carbonyl (C=O) groups excluding carboxylic acids is 1. The predicted molar refractivity (Wildman–Crippen MR) is 105 cm³/mol. The summed E-state index contributed by atoms with van der Waals surface area (Å²) in [7, 11) is 0. The van der Waals surface area contributed by atoms with Gasteiger partial charge in [0.25, 0.3) is 0 Å². The standard InChI is InChI=1S/C22H24N2O3/c1-16-6-8-18(9-7-16)20-15-24-22(27-20)11-10-21(25)23-12-13-26-19-5-3-4-17(2)14-19/h3-9,14-15H,10-13H2,1-2H3,(H,23,25). The summed E-state index contributed by atoms with van der Waals surface area (Å²) in [6.45, 7) is 4.96. The molecule has 0 atom stereocenters. The third kappa shape index (κ3) is 5.71. The maximum Gasteiger partial charge on any atom is 0.220 e. The van der Waals surface area contributed by atoms with Crippen molar-refractivity contribution in [3.8, 4) is 17.1 Å². The molecule has 0 spiro atoms. The highest BCUT2D eigenvalue weighted by atomic mass is 16.5. The second-order valence-electron chi connectivity index (χ2n) is 6.50. The summed E-state index contributed by atoms with van der Waals surface area (Å²) in [6.07, 6.45) is 2.50. The van der Waals surface area contributed by atoms with Crippen LogP contribution in [-0.4, -0.2) is 24.0 Å². The lowest BCUT2D eigenvalue weighted by molar-refractivity contribution is -0.121. The van der Waals surface area contributed by atoms with Gasteiger partial charge in [-0.15, -0.1) is 0 Å². The molecule has 5 heteroatoms. The van der Waals surface area contributed by atoms with Crippen LogP contribution in [0.4, 0.5) is 0 Å². The van der Waals surface area contributed by atoms with Gasteiger partial charge in [-0.3, -0.25) is 4.79 Å². The van der Waals surface area contributed by atoms with Crippen molar-refractivity contribution in [2.75, 3.05) is 13.2 Å². The minimum atomic E-state index is -0.0436. The highest BCUT2D eigenvalue weighted by Crippen LogP contribution is 2.21. The van der Waals surface area contributed by atoms with Gasteiger partial charge in [-0.2, -0.15) is 0 Å². The van der Waals surface area contributed by atoms with Gasteiger partial charge in [0.15, 0.2) is 11.7 Å². The molecule has 5 nitrogen and oxygen atoms in total. The van der Waals surface area contributed by atoms with Crippen LogP contribution in [0.15, 0.2) is 59.1 Å². The van der Waals surface area contributed by atoms with Crippen molar-refractivity contribution in [2.45, 2.75) is 26.7 Å². The number of hydrogen-bond acceptors (Lipinski definition) is 4. The zero-order valence-electron chi connectivity index (χ0n) is 15.7. The van der Waals surface area contributed by atoms with Gasteiger partial charge < -0.3 is 14.5 Å². The minimum absolute atomic E-state index is 0.0436. The smallest absolute Gasteiger partial charge is 0.220 e. The van der Waals surface area contributed by atoms with Crippen LogP contribution in [0.3, 0.4) is 0 Å². The summed E-state index contributed by atoms with van der Waals surface area (Å²) in [5, 5.41) is 2.85. The van der Waals surface area contributed by atoms with E-state index in [-0.39, 0.29) is 5.91 Å². The lowest BCUT2D eigenvalue weighted by atomic mass is 10.1. The molecular weight excluding hydrogens is 340 g/mol. The molecular formula is C22H24N2O3. The van der Waals surface area contributed by atoms with Crippen molar-refractivity contribution in [3.63, 3.8) is 0 Å². The van der Waals surface area contributed by atoms with E-state index < -0.39 is 0 Å². The average Bonchev–Trinajstić information content (AvgIpc) is 3.13. The lowest BCUT2D eigenvalue weighted by Crippen LogP contribution is -2.28. The molecule has 0 aliphatic carbocycles. The first kappa shape index (κ1) is 18.7. The van der Waals surface area contributed by atoms with Gasteiger partial charge in [-0.25, -0.2) is 4.98 Å². The van der Waals surface area contributed by atoms with Crippen molar-refractivity contribution >= 4 is 5.91 Å². The Kier molecular flexibility index (Phi) is 6.26. The number of aromatic nitrogens is 1. The monoisotopic (exact) mass is 364 g/mol. The Labute approximate surface area is 159 Å². The number of rotatable bonds is 8. The summed E-state index contributed by atoms with van der Waals surface area (Å²) in [4.78, 5) is 16.2. The summed E-state index contributed by atoms with van der Waals surface area (Å²) < 4.78 is 11.4. The third-order valence-corrected chi connectivity index (χ3v) is 4.14. The minimum Gasteiger partial charge on any atom is -0.492 e. The number of benzene rings is 2. The number of ether oxygens (including phenoxy) is 1. The van der Waals surface area contributed by atoms with E-state index in [4.69, 9.17) is 9.15 Å². The zero-order valence-corrected chi connectivity index (χ0v) is 15.7. The van der Waals surface area contributed by atoms with Gasteiger partial charge in [-0.05, 0) is 31.5 Å². The van der Waals surface area contributed by atoms with E-state index in [1.54, 1.807) is 6.20 Å². The predicted octanol–water partition coefficient (Wildman–Crippen LogP) is 4.09. The van der Waals surface area contributed by atoms with Gasteiger partial charge in [-0.1, -0.05) is 42.0 Å². The van der Waals surface area contributed by atoms with Crippen LogP contribution in [-0.2, 0) is 11.2 Å². The molecule has 3 rings (SSSR count). The summed E-state index contributed by atoms with van der Waals surface area (Å²) in [6, 6.07) is 15.9. The van der Waals surface area contributed by atoms with Gasteiger partial charge >= 0.3 is 0 Å². The van der Waals surface area contributed by atoms with Gasteiger partial charge in [0.2, 0.25) is 5.91 Å². The maximum atomic E-state index is 12.0. The molecule has 0 radical (unpaired) electrons. The summed E-state index contributed by atoms with van der Waals surface area (Å²) in [5.74, 6) is 2.05. The van der Waals surface area contributed by atoms with Gasteiger partial charge in [0.05, 0.1) is 12.7 Å². The molecule has 1 amide bonds. The largest absolute Gasteiger partial charge is 0.492 e. The fourth-order valence-corrected chi connectivity index (χ4v) is 2.65. The number of oxazole rings is 1. The molecule has 1 N–H and O–H groups in total. The van der Waals surface area contributed by atoms with Crippen LogP contribution in [0.2, 0.25) is 0 Å². The number of carbonyl (C=O) groups is 1. The van der Waals surface area contributed by atoms with Crippen LogP contribution in [0, 0.1) is 13.8 Å². The number of amides is 1. The van der Waals surface area contributed by atoms with Crippen LogP contribution >= 0.6 is 0 Å². The van der Waals surface area contributed by atoms with E-state index in [0.29, 0.717) is 31.9 Å². The number of nitrogens with zero attached hydrogens (tertiary/aromatic N) is 1. The van der Waals surface area contributed by atoms with Crippen LogP contribution in [0.1, 0.15) is 23.4 Å². The topological polar surface area (TPSA) is 64.4 Å². The maximum absolute atomic E-state index is 12.0. The Hall–Kier alpha value is -3.08. The summed E-state index contributed by atoms with van der Waals surface area (Å²) in [5.41, 5.74) is 3.33. The van der Waals surface area contributed by atoms with Crippen molar-refractivity contribution < 1.29 is 13.9 Å². The zero-order chi connectivity index (χ0) is 19.1. The van der Waals surface area contributed by atoms with Crippen molar-refractivity contribution in [2.24, 2.45) is 0 Å². The highest BCUT2D eigenvalue weighted by molar-refractivity contribution is 5.76. The average molecular weight is 364 g/mol. The van der Waals surface area contributed by atoms with E-state index in [1.165, 1.54) is 5.56 Å².